The third kappa shape index (κ3) is 4.31. The summed E-state index contributed by atoms with van der Waals surface area (Å²) in [7, 11) is 0. The SMILES string of the molecule is C=C(C)[C@@H]1CC[C@]2(C(=O)O[C@@H]3O[C@H](CO)[C@@H](O)[C@H](O)[C@H]3O)CC[C@]3(C(=O)O)[C@H](CC[C@@H]4[C@@]5(C)[C@@H](C(=O)O)[C@H](O)C(C)(C)[C@@H]5CC[C@]43C)[C@H]12. The van der Waals surface area contributed by atoms with E-state index in [0.717, 1.165) is 5.57 Å². The van der Waals surface area contributed by atoms with Crippen molar-refractivity contribution in [3.05, 3.63) is 12.2 Å². The average Bonchev–Trinajstić information content (AvgIpc) is 3.48. The Kier molecular flexibility index (Phi) is 8.53. The van der Waals surface area contributed by atoms with Crippen molar-refractivity contribution in [3.8, 4) is 0 Å². The van der Waals surface area contributed by atoms with E-state index >= 15 is 0 Å². The van der Waals surface area contributed by atoms with E-state index in [1.54, 1.807) is 0 Å². The molecule has 5 aliphatic carbocycles. The molecule has 12 heteroatoms. The zero-order chi connectivity index (χ0) is 35.5. The predicted molar refractivity (Wildman–Crippen MR) is 169 cm³/mol. The summed E-state index contributed by atoms with van der Waals surface area (Å²) in [6.07, 6.45) is -5.63. The first-order valence-electron chi connectivity index (χ1n) is 17.6. The number of aliphatic carboxylic acids is 2. The van der Waals surface area contributed by atoms with Gasteiger partial charge in [0.25, 0.3) is 0 Å². The average molecular weight is 679 g/mol. The van der Waals surface area contributed by atoms with Crippen molar-refractivity contribution in [2.24, 2.45) is 62.6 Å². The van der Waals surface area contributed by atoms with Gasteiger partial charge < -0.3 is 45.2 Å². The monoisotopic (exact) mass is 678 g/mol. The van der Waals surface area contributed by atoms with Gasteiger partial charge in [-0.15, -0.1) is 0 Å². The van der Waals surface area contributed by atoms with Gasteiger partial charge in [0.1, 0.15) is 24.4 Å². The first-order valence-corrected chi connectivity index (χ1v) is 17.6. The molecule has 0 unspecified atom stereocenters. The Balaban J connectivity index is 1.41. The zero-order valence-corrected chi connectivity index (χ0v) is 28.7. The minimum absolute atomic E-state index is 0.118. The van der Waals surface area contributed by atoms with Crippen LogP contribution in [-0.2, 0) is 23.9 Å². The fourth-order valence-electron chi connectivity index (χ4n) is 13.3. The molecule has 1 heterocycles. The Morgan fingerprint density at radius 2 is 1.52 bits per heavy atom. The van der Waals surface area contributed by atoms with Gasteiger partial charge in [-0.3, -0.25) is 14.4 Å². The summed E-state index contributed by atoms with van der Waals surface area (Å²) in [4.78, 5) is 41.3. The van der Waals surface area contributed by atoms with Gasteiger partial charge in [0.15, 0.2) is 0 Å². The highest BCUT2D eigenvalue weighted by Gasteiger charge is 2.79. The van der Waals surface area contributed by atoms with Gasteiger partial charge in [0.2, 0.25) is 6.29 Å². The van der Waals surface area contributed by atoms with Crippen LogP contribution in [-0.4, -0.2) is 97.1 Å². The van der Waals surface area contributed by atoms with E-state index in [1.165, 1.54) is 0 Å². The molecule has 0 radical (unpaired) electrons. The molecule has 0 aromatic rings. The van der Waals surface area contributed by atoms with Crippen molar-refractivity contribution in [1.82, 2.24) is 0 Å². The molecule has 1 saturated heterocycles. The second-order valence-electron chi connectivity index (χ2n) is 17.2. The molecule has 6 fully saturated rings. The van der Waals surface area contributed by atoms with E-state index < -0.39 is 106 Å². The number of esters is 1. The zero-order valence-electron chi connectivity index (χ0n) is 28.7. The number of aliphatic hydroxyl groups excluding tert-OH is 5. The number of hydrogen-bond acceptors (Lipinski definition) is 10. The molecule has 6 aliphatic rings. The van der Waals surface area contributed by atoms with Crippen LogP contribution in [0.5, 0.6) is 0 Å². The number of carbonyl (C=O) groups is 3. The summed E-state index contributed by atoms with van der Waals surface area (Å²) in [5.74, 6) is -5.28. The van der Waals surface area contributed by atoms with Crippen molar-refractivity contribution in [1.29, 1.82) is 0 Å². The fourth-order valence-corrected chi connectivity index (χ4v) is 13.3. The lowest BCUT2D eigenvalue weighted by molar-refractivity contribution is -0.298. The Morgan fingerprint density at radius 3 is 2.10 bits per heavy atom. The van der Waals surface area contributed by atoms with Crippen molar-refractivity contribution >= 4 is 17.9 Å². The smallest absolute Gasteiger partial charge is 0.314 e. The summed E-state index contributed by atoms with van der Waals surface area (Å²) < 4.78 is 11.4. The van der Waals surface area contributed by atoms with Gasteiger partial charge in [-0.1, -0.05) is 39.8 Å². The summed E-state index contributed by atoms with van der Waals surface area (Å²) in [5, 5.41) is 74.4. The van der Waals surface area contributed by atoms with E-state index in [1.807, 2.05) is 34.6 Å². The third-order valence-electron chi connectivity index (χ3n) is 15.4. The number of carbonyl (C=O) groups excluding carboxylic acids is 1. The molecule has 0 bridgehead atoms. The number of aliphatic hydroxyl groups is 5. The minimum Gasteiger partial charge on any atom is -0.481 e. The number of ether oxygens (including phenoxy) is 2. The molecule has 0 spiro atoms. The molecule has 12 nitrogen and oxygen atoms in total. The molecule has 48 heavy (non-hydrogen) atoms. The molecular weight excluding hydrogens is 624 g/mol. The topological polar surface area (TPSA) is 211 Å². The van der Waals surface area contributed by atoms with Crippen LogP contribution >= 0.6 is 0 Å². The molecule has 7 N–H and O–H groups in total. The molecule has 1 aliphatic heterocycles. The van der Waals surface area contributed by atoms with Crippen LogP contribution in [0.25, 0.3) is 0 Å². The largest absolute Gasteiger partial charge is 0.481 e. The lowest BCUT2D eigenvalue weighted by atomic mass is 9.33. The fraction of sp³-hybridized carbons (Fsp3) is 0.861. The first-order chi connectivity index (χ1) is 22.3. The van der Waals surface area contributed by atoms with Gasteiger partial charge >= 0.3 is 17.9 Å². The van der Waals surface area contributed by atoms with Gasteiger partial charge in [-0.25, -0.2) is 0 Å². The van der Waals surface area contributed by atoms with E-state index in [4.69, 9.17) is 9.47 Å². The van der Waals surface area contributed by atoms with Crippen LogP contribution in [0.1, 0.15) is 86.0 Å². The first kappa shape index (κ1) is 35.7. The van der Waals surface area contributed by atoms with E-state index in [-0.39, 0.29) is 30.6 Å². The molecule has 16 atom stereocenters. The second-order valence-corrected chi connectivity index (χ2v) is 17.2. The minimum atomic E-state index is -1.76. The van der Waals surface area contributed by atoms with Crippen LogP contribution in [0, 0.1) is 62.6 Å². The maximum atomic E-state index is 14.4. The highest BCUT2D eigenvalue weighted by Crippen LogP contribution is 2.79. The maximum absolute atomic E-state index is 14.4. The molecule has 270 valence electrons. The lowest BCUT2D eigenvalue weighted by Gasteiger charge is -2.69. The number of hydrogen-bond donors (Lipinski definition) is 7. The number of carboxylic acids is 2. The van der Waals surface area contributed by atoms with Crippen LogP contribution < -0.4 is 0 Å². The lowest BCUT2D eigenvalue weighted by Crippen LogP contribution is -2.69. The van der Waals surface area contributed by atoms with E-state index in [9.17, 15) is 50.1 Å². The molecule has 6 rings (SSSR count). The summed E-state index contributed by atoms with van der Waals surface area (Å²) in [6, 6.07) is 0. The Morgan fingerprint density at radius 1 is 0.854 bits per heavy atom. The number of fused-ring (bicyclic) bond motifs is 7. The van der Waals surface area contributed by atoms with Crippen LogP contribution in [0.2, 0.25) is 0 Å². The van der Waals surface area contributed by atoms with Gasteiger partial charge in [-0.05, 0) is 104 Å². The predicted octanol–water partition coefficient (Wildman–Crippen LogP) is 2.33. The Bertz CT molecular complexity index is 1360. The molecule has 0 aromatic carbocycles. The molecule has 5 saturated carbocycles. The summed E-state index contributed by atoms with van der Waals surface area (Å²) in [5.41, 5.74) is -3.95. The standard InChI is InChI=1S/C36H54O12/c1-16(2)17-9-12-35(31(46)48-29-26(40)25(39)24(38)19(15-37)47-29)13-14-36(30(44)45)18(22(17)35)7-8-21-33(36,5)11-10-20-32(3,4)27(41)23(28(42)43)34(20,21)6/h17-27,29,37-41H,1,7-15H2,2-6H3,(H,42,43)(H,44,45)/t17-,18+,19+,20-,21-,22-,23+,24+,25-,26+,27-,29-,33+,34-,35-,36+/m0/s1. The van der Waals surface area contributed by atoms with Gasteiger partial charge in [-0.2, -0.15) is 0 Å². The van der Waals surface area contributed by atoms with Crippen molar-refractivity contribution in [2.75, 3.05) is 6.61 Å². The highest BCUT2D eigenvalue weighted by molar-refractivity contribution is 5.82. The van der Waals surface area contributed by atoms with Crippen LogP contribution in [0.15, 0.2) is 12.2 Å². The Labute approximate surface area is 281 Å². The number of carboxylic acid groups (broad SMARTS) is 2. The van der Waals surface area contributed by atoms with Crippen molar-refractivity contribution < 1.29 is 59.6 Å². The summed E-state index contributed by atoms with van der Waals surface area (Å²) >= 11 is 0. The third-order valence-corrected chi connectivity index (χ3v) is 15.4. The summed E-state index contributed by atoms with van der Waals surface area (Å²) in [6.45, 7) is 13.3. The number of rotatable bonds is 6. The Hall–Kier alpha value is -2.09. The van der Waals surface area contributed by atoms with Crippen molar-refractivity contribution in [3.63, 3.8) is 0 Å². The van der Waals surface area contributed by atoms with Crippen LogP contribution in [0.4, 0.5) is 0 Å². The van der Waals surface area contributed by atoms with Crippen LogP contribution in [0.3, 0.4) is 0 Å². The molecular formula is C36H54O12. The normalized spacial score (nSPS) is 52.3. The van der Waals surface area contributed by atoms with Gasteiger partial charge in [0, 0.05) is 0 Å². The quantitative estimate of drug-likeness (QED) is 0.159. The molecule has 0 aromatic heterocycles. The molecule has 0 amide bonds. The highest BCUT2D eigenvalue weighted by atomic mass is 16.7. The second kappa shape index (κ2) is 11.5. The van der Waals surface area contributed by atoms with E-state index in [0.29, 0.717) is 38.5 Å². The van der Waals surface area contributed by atoms with E-state index in [2.05, 4.69) is 6.58 Å². The maximum Gasteiger partial charge on any atom is 0.314 e. The van der Waals surface area contributed by atoms with Gasteiger partial charge in [0.05, 0.1) is 29.5 Å². The van der Waals surface area contributed by atoms with Crippen molar-refractivity contribution in [2.45, 2.75) is 123 Å². The number of allylic oxidation sites excluding steroid dienone is 1.